The van der Waals surface area contributed by atoms with Gasteiger partial charge in [-0.15, -0.1) is 0 Å². The van der Waals surface area contributed by atoms with E-state index in [1.807, 2.05) is 63.2 Å². The van der Waals surface area contributed by atoms with Crippen molar-refractivity contribution in [3.05, 3.63) is 71.0 Å². The highest BCUT2D eigenvalue weighted by molar-refractivity contribution is 5.57. The molecule has 0 saturated carbocycles. The van der Waals surface area contributed by atoms with Crippen LogP contribution in [0.2, 0.25) is 0 Å². The van der Waals surface area contributed by atoms with E-state index in [-0.39, 0.29) is 11.7 Å². The lowest BCUT2D eigenvalue weighted by Gasteiger charge is -2.37. The SMILES string of the molecule is COc1ccc(C=C(C)C(O)(c2cccc(F)c2)C(C)CN(C)C)cc1. The van der Waals surface area contributed by atoms with Crippen LogP contribution in [0.1, 0.15) is 25.0 Å². The lowest BCUT2D eigenvalue weighted by Crippen LogP contribution is -2.40. The summed E-state index contributed by atoms with van der Waals surface area (Å²) in [5.41, 5.74) is 1.01. The number of hydrogen-bond acceptors (Lipinski definition) is 3. The molecule has 2 atom stereocenters. The topological polar surface area (TPSA) is 32.7 Å². The number of halogens is 1. The molecule has 2 aromatic carbocycles. The molecule has 2 rings (SSSR count). The van der Waals surface area contributed by atoms with Crippen LogP contribution in [0.4, 0.5) is 4.39 Å². The molecule has 0 aromatic heterocycles. The van der Waals surface area contributed by atoms with Crippen molar-refractivity contribution in [1.29, 1.82) is 0 Å². The Hall–Kier alpha value is -2.17. The fourth-order valence-electron chi connectivity index (χ4n) is 3.37. The van der Waals surface area contributed by atoms with Crippen LogP contribution < -0.4 is 4.74 Å². The zero-order chi connectivity index (χ0) is 19.3. The van der Waals surface area contributed by atoms with Gasteiger partial charge in [0.25, 0.3) is 0 Å². The molecule has 0 heterocycles. The van der Waals surface area contributed by atoms with E-state index in [1.165, 1.54) is 12.1 Å². The minimum atomic E-state index is -1.27. The van der Waals surface area contributed by atoms with Crippen LogP contribution in [0.3, 0.4) is 0 Å². The lowest BCUT2D eigenvalue weighted by molar-refractivity contribution is 0.0103. The van der Waals surface area contributed by atoms with Crippen molar-refractivity contribution in [2.24, 2.45) is 5.92 Å². The molecule has 140 valence electrons. The highest BCUT2D eigenvalue weighted by Gasteiger charge is 2.38. The van der Waals surface area contributed by atoms with Crippen LogP contribution in [-0.2, 0) is 5.60 Å². The van der Waals surface area contributed by atoms with Gasteiger partial charge in [-0.05, 0) is 62.0 Å². The molecule has 0 amide bonds. The summed E-state index contributed by atoms with van der Waals surface area (Å²) in [5.74, 6) is 0.296. The lowest BCUT2D eigenvalue weighted by atomic mass is 9.76. The highest BCUT2D eigenvalue weighted by Crippen LogP contribution is 2.38. The first-order valence-corrected chi connectivity index (χ1v) is 8.73. The number of nitrogens with zero attached hydrogens (tertiary/aromatic N) is 1. The molecule has 0 radical (unpaired) electrons. The summed E-state index contributed by atoms with van der Waals surface area (Å²) in [6.07, 6.45) is 1.94. The van der Waals surface area contributed by atoms with Crippen molar-refractivity contribution in [3.63, 3.8) is 0 Å². The van der Waals surface area contributed by atoms with Gasteiger partial charge < -0.3 is 14.7 Å². The van der Waals surface area contributed by atoms with Gasteiger partial charge >= 0.3 is 0 Å². The molecule has 0 bridgehead atoms. The highest BCUT2D eigenvalue weighted by atomic mass is 19.1. The van der Waals surface area contributed by atoms with Crippen molar-refractivity contribution in [2.45, 2.75) is 19.4 Å². The van der Waals surface area contributed by atoms with Gasteiger partial charge in [-0.1, -0.05) is 37.3 Å². The standard InChI is InChI=1S/C22H28FNO2/c1-16(13-18-9-11-21(26-5)12-10-18)22(25,17(2)15-24(3)4)19-7-6-8-20(23)14-19/h6-14,17,25H,15H2,1-5H3. The quantitative estimate of drug-likeness (QED) is 0.801. The van der Waals surface area contributed by atoms with Gasteiger partial charge in [0.05, 0.1) is 7.11 Å². The Kier molecular flexibility index (Phi) is 6.57. The molecule has 0 spiro atoms. The first kappa shape index (κ1) is 20.1. The van der Waals surface area contributed by atoms with Crippen LogP contribution in [0, 0.1) is 11.7 Å². The summed E-state index contributed by atoms with van der Waals surface area (Å²) in [5, 5.41) is 11.7. The molecule has 4 heteroatoms. The van der Waals surface area contributed by atoms with E-state index in [1.54, 1.807) is 19.2 Å². The monoisotopic (exact) mass is 357 g/mol. The van der Waals surface area contributed by atoms with Gasteiger partial charge in [0.1, 0.15) is 17.2 Å². The Morgan fingerprint density at radius 1 is 1.23 bits per heavy atom. The molecule has 0 saturated heterocycles. The third-order valence-electron chi connectivity index (χ3n) is 4.72. The van der Waals surface area contributed by atoms with Gasteiger partial charge in [-0.25, -0.2) is 4.39 Å². The van der Waals surface area contributed by atoms with Crippen molar-refractivity contribution in [2.75, 3.05) is 27.7 Å². The third-order valence-corrected chi connectivity index (χ3v) is 4.72. The summed E-state index contributed by atoms with van der Waals surface area (Å²) in [6, 6.07) is 13.9. The van der Waals surface area contributed by atoms with E-state index in [4.69, 9.17) is 4.74 Å². The Labute approximate surface area is 155 Å². The van der Waals surface area contributed by atoms with E-state index in [2.05, 4.69) is 0 Å². The zero-order valence-electron chi connectivity index (χ0n) is 16.2. The van der Waals surface area contributed by atoms with Crippen molar-refractivity contribution >= 4 is 6.08 Å². The van der Waals surface area contributed by atoms with Crippen LogP contribution in [0.25, 0.3) is 6.08 Å². The van der Waals surface area contributed by atoms with Gasteiger partial charge in [0, 0.05) is 12.5 Å². The Balaban J connectivity index is 2.49. The third kappa shape index (κ3) is 4.51. The maximum Gasteiger partial charge on any atom is 0.123 e. The Morgan fingerprint density at radius 3 is 2.42 bits per heavy atom. The predicted molar refractivity (Wildman–Crippen MR) is 105 cm³/mol. The maximum absolute atomic E-state index is 13.8. The van der Waals surface area contributed by atoms with Gasteiger partial charge in [-0.3, -0.25) is 0 Å². The Morgan fingerprint density at radius 2 is 1.88 bits per heavy atom. The van der Waals surface area contributed by atoms with Crippen LogP contribution in [-0.4, -0.2) is 37.8 Å². The van der Waals surface area contributed by atoms with Gasteiger partial charge in [-0.2, -0.15) is 0 Å². The second kappa shape index (κ2) is 8.47. The average Bonchev–Trinajstić information content (AvgIpc) is 2.60. The molecule has 2 unspecified atom stereocenters. The second-order valence-corrected chi connectivity index (χ2v) is 7.04. The van der Waals surface area contributed by atoms with Crippen molar-refractivity contribution in [3.8, 4) is 5.75 Å². The summed E-state index contributed by atoms with van der Waals surface area (Å²) < 4.78 is 19.0. The van der Waals surface area contributed by atoms with Crippen molar-refractivity contribution < 1.29 is 14.2 Å². The molecule has 2 aromatic rings. The van der Waals surface area contributed by atoms with Crippen LogP contribution >= 0.6 is 0 Å². The summed E-state index contributed by atoms with van der Waals surface area (Å²) in [7, 11) is 5.55. The average molecular weight is 357 g/mol. The van der Waals surface area contributed by atoms with E-state index >= 15 is 0 Å². The number of aliphatic hydroxyl groups is 1. The van der Waals surface area contributed by atoms with E-state index in [0.717, 1.165) is 16.9 Å². The molecule has 26 heavy (non-hydrogen) atoms. The fourth-order valence-corrected chi connectivity index (χ4v) is 3.37. The normalized spacial score (nSPS) is 15.6. The Bertz CT molecular complexity index is 755. The van der Waals surface area contributed by atoms with Crippen LogP contribution in [0.5, 0.6) is 5.75 Å². The number of hydrogen-bond donors (Lipinski definition) is 1. The maximum atomic E-state index is 13.8. The minimum absolute atomic E-state index is 0.131. The largest absolute Gasteiger partial charge is 0.497 e. The molecular weight excluding hydrogens is 329 g/mol. The smallest absolute Gasteiger partial charge is 0.123 e. The number of benzene rings is 2. The molecule has 0 aliphatic carbocycles. The first-order chi connectivity index (χ1) is 12.3. The fraction of sp³-hybridized carbons (Fsp3) is 0.364. The summed E-state index contributed by atoms with van der Waals surface area (Å²) >= 11 is 0. The van der Waals surface area contributed by atoms with E-state index < -0.39 is 5.60 Å². The first-order valence-electron chi connectivity index (χ1n) is 8.73. The predicted octanol–water partition coefficient (Wildman–Crippen LogP) is 4.32. The number of methoxy groups -OCH3 is 1. The minimum Gasteiger partial charge on any atom is -0.497 e. The molecule has 0 aliphatic rings. The van der Waals surface area contributed by atoms with Crippen molar-refractivity contribution in [1.82, 2.24) is 4.90 Å². The van der Waals surface area contributed by atoms with E-state index in [9.17, 15) is 9.50 Å². The van der Waals surface area contributed by atoms with Crippen LogP contribution in [0.15, 0.2) is 54.1 Å². The summed E-state index contributed by atoms with van der Waals surface area (Å²) in [4.78, 5) is 2.02. The molecule has 0 aliphatic heterocycles. The molecular formula is C22H28FNO2. The molecule has 3 nitrogen and oxygen atoms in total. The van der Waals surface area contributed by atoms with E-state index in [0.29, 0.717) is 12.1 Å². The van der Waals surface area contributed by atoms with Gasteiger partial charge in [0.15, 0.2) is 0 Å². The molecule has 1 N–H and O–H groups in total. The zero-order valence-corrected chi connectivity index (χ0v) is 16.2. The van der Waals surface area contributed by atoms with Gasteiger partial charge in [0.2, 0.25) is 0 Å². The summed E-state index contributed by atoms with van der Waals surface area (Å²) in [6.45, 7) is 4.54. The second-order valence-electron chi connectivity index (χ2n) is 7.04. The number of rotatable bonds is 7. The number of ether oxygens (including phenoxy) is 1. The molecule has 0 fully saturated rings.